The highest BCUT2D eigenvalue weighted by molar-refractivity contribution is 7.91. The number of hydrogen-bond acceptors (Lipinski definition) is 6. The summed E-state index contributed by atoms with van der Waals surface area (Å²) < 4.78 is 46.7. The SMILES string of the molecule is CS(=O)(=O)c1ccc(NC2CC(N)C2)c(S(C)(=O)=O)c1. The topological polar surface area (TPSA) is 106 Å². The average molecular weight is 318 g/mol. The lowest BCUT2D eigenvalue weighted by molar-refractivity contribution is 0.373. The van der Waals surface area contributed by atoms with E-state index in [1.165, 1.54) is 18.2 Å². The minimum absolute atomic E-state index is 0.000830. The van der Waals surface area contributed by atoms with Gasteiger partial charge in [-0.3, -0.25) is 0 Å². The van der Waals surface area contributed by atoms with E-state index in [0.29, 0.717) is 5.69 Å². The first-order chi connectivity index (χ1) is 9.07. The second kappa shape index (κ2) is 5.01. The van der Waals surface area contributed by atoms with E-state index in [1.54, 1.807) is 0 Å². The molecule has 3 N–H and O–H groups in total. The van der Waals surface area contributed by atoms with Crippen molar-refractivity contribution in [3.8, 4) is 0 Å². The highest BCUT2D eigenvalue weighted by atomic mass is 32.2. The molecular weight excluding hydrogens is 300 g/mol. The summed E-state index contributed by atoms with van der Waals surface area (Å²) >= 11 is 0. The van der Waals surface area contributed by atoms with Crippen LogP contribution in [0.3, 0.4) is 0 Å². The molecule has 0 heterocycles. The van der Waals surface area contributed by atoms with Gasteiger partial charge in [-0.15, -0.1) is 0 Å². The van der Waals surface area contributed by atoms with E-state index in [-0.39, 0.29) is 21.9 Å². The molecule has 0 amide bonds. The largest absolute Gasteiger partial charge is 0.381 e. The molecule has 0 aromatic heterocycles. The van der Waals surface area contributed by atoms with Gasteiger partial charge in [0, 0.05) is 24.6 Å². The third kappa shape index (κ3) is 3.31. The molecule has 0 aliphatic heterocycles. The minimum Gasteiger partial charge on any atom is -0.381 e. The lowest BCUT2D eigenvalue weighted by Crippen LogP contribution is -2.44. The van der Waals surface area contributed by atoms with Gasteiger partial charge in [-0.2, -0.15) is 0 Å². The van der Waals surface area contributed by atoms with Crippen molar-refractivity contribution in [2.75, 3.05) is 17.8 Å². The number of hydrogen-bond donors (Lipinski definition) is 2. The molecule has 8 heteroatoms. The maximum absolute atomic E-state index is 11.8. The maximum atomic E-state index is 11.8. The summed E-state index contributed by atoms with van der Waals surface area (Å²) in [5.41, 5.74) is 6.12. The Kier molecular flexibility index (Phi) is 3.83. The van der Waals surface area contributed by atoms with Crippen LogP contribution in [0.2, 0.25) is 0 Å². The van der Waals surface area contributed by atoms with E-state index < -0.39 is 19.7 Å². The van der Waals surface area contributed by atoms with E-state index in [1.807, 2.05) is 0 Å². The number of sulfone groups is 2. The molecule has 1 aliphatic rings. The molecule has 0 radical (unpaired) electrons. The maximum Gasteiger partial charge on any atom is 0.177 e. The summed E-state index contributed by atoms with van der Waals surface area (Å²) in [5, 5.41) is 3.11. The van der Waals surface area contributed by atoms with Gasteiger partial charge in [-0.05, 0) is 31.0 Å². The Labute approximate surface area is 119 Å². The van der Waals surface area contributed by atoms with Gasteiger partial charge in [0.15, 0.2) is 19.7 Å². The quantitative estimate of drug-likeness (QED) is 0.832. The predicted octanol–water partition coefficient (Wildman–Crippen LogP) is 0.395. The van der Waals surface area contributed by atoms with E-state index in [4.69, 9.17) is 5.73 Å². The Balaban J connectivity index is 2.41. The Morgan fingerprint density at radius 2 is 1.70 bits per heavy atom. The van der Waals surface area contributed by atoms with Crippen molar-refractivity contribution in [3.05, 3.63) is 18.2 Å². The summed E-state index contributed by atoms with van der Waals surface area (Å²) in [4.78, 5) is -0.00492. The first-order valence-electron chi connectivity index (χ1n) is 6.13. The van der Waals surface area contributed by atoms with Gasteiger partial charge in [0.25, 0.3) is 0 Å². The Hall–Kier alpha value is -1.12. The van der Waals surface area contributed by atoms with Crippen molar-refractivity contribution in [1.29, 1.82) is 0 Å². The van der Waals surface area contributed by atoms with E-state index in [9.17, 15) is 16.8 Å². The van der Waals surface area contributed by atoms with Crippen LogP contribution >= 0.6 is 0 Å². The molecule has 1 aromatic carbocycles. The number of nitrogens with two attached hydrogens (primary N) is 1. The lowest BCUT2D eigenvalue weighted by atomic mass is 9.87. The fraction of sp³-hybridized carbons (Fsp3) is 0.500. The third-order valence-electron chi connectivity index (χ3n) is 3.31. The molecule has 1 aliphatic carbocycles. The highest BCUT2D eigenvalue weighted by Gasteiger charge is 2.27. The van der Waals surface area contributed by atoms with Crippen molar-refractivity contribution in [1.82, 2.24) is 0 Å². The third-order valence-corrected chi connectivity index (χ3v) is 5.56. The molecule has 0 atom stereocenters. The van der Waals surface area contributed by atoms with E-state index in [2.05, 4.69) is 5.32 Å². The van der Waals surface area contributed by atoms with Crippen LogP contribution in [0.25, 0.3) is 0 Å². The van der Waals surface area contributed by atoms with Gasteiger partial charge in [0.1, 0.15) is 0 Å². The van der Waals surface area contributed by atoms with E-state index in [0.717, 1.165) is 25.4 Å². The van der Waals surface area contributed by atoms with Gasteiger partial charge in [0.05, 0.1) is 15.5 Å². The van der Waals surface area contributed by atoms with Gasteiger partial charge in [-0.25, -0.2) is 16.8 Å². The Bertz CT molecular complexity index is 720. The van der Waals surface area contributed by atoms with Crippen LogP contribution in [0.1, 0.15) is 12.8 Å². The first kappa shape index (κ1) is 15.3. The van der Waals surface area contributed by atoms with Crippen LogP contribution in [-0.4, -0.2) is 41.4 Å². The zero-order chi connectivity index (χ0) is 15.1. The summed E-state index contributed by atoms with van der Waals surface area (Å²) in [6, 6.07) is 4.38. The molecule has 1 fully saturated rings. The molecule has 0 unspecified atom stereocenters. The number of anilines is 1. The van der Waals surface area contributed by atoms with Crippen LogP contribution in [0.4, 0.5) is 5.69 Å². The standard InChI is InChI=1S/C12H18N2O4S2/c1-19(15,16)10-3-4-11(12(7-10)20(2,17)18)14-9-5-8(13)6-9/h3-4,7-9,14H,5-6,13H2,1-2H3. The molecule has 112 valence electrons. The molecule has 0 spiro atoms. The van der Waals surface area contributed by atoms with Crippen LogP contribution in [0, 0.1) is 0 Å². The Morgan fingerprint density at radius 1 is 1.10 bits per heavy atom. The van der Waals surface area contributed by atoms with Crippen LogP contribution in [-0.2, 0) is 19.7 Å². The zero-order valence-corrected chi connectivity index (χ0v) is 13.0. The zero-order valence-electron chi connectivity index (χ0n) is 11.3. The molecule has 0 saturated heterocycles. The number of rotatable bonds is 4. The van der Waals surface area contributed by atoms with Crippen molar-refractivity contribution in [3.63, 3.8) is 0 Å². The van der Waals surface area contributed by atoms with Crippen LogP contribution in [0.5, 0.6) is 0 Å². The van der Waals surface area contributed by atoms with Gasteiger partial charge in [-0.1, -0.05) is 0 Å². The first-order valence-corrected chi connectivity index (χ1v) is 9.92. The second-order valence-electron chi connectivity index (χ2n) is 5.28. The van der Waals surface area contributed by atoms with Crippen molar-refractivity contribution in [2.24, 2.45) is 5.73 Å². The second-order valence-corrected chi connectivity index (χ2v) is 9.27. The van der Waals surface area contributed by atoms with Crippen LogP contribution in [0.15, 0.2) is 28.0 Å². The average Bonchev–Trinajstić information content (AvgIpc) is 2.24. The Morgan fingerprint density at radius 3 is 2.15 bits per heavy atom. The van der Waals surface area contributed by atoms with E-state index >= 15 is 0 Å². The summed E-state index contributed by atoms with van der Waals surface area (Å²) in [6.45, 7) is 0. The highest BCUT2D eigenvalue weighted by Crippen LogP contribution is 2.29. The van der Waals surface area contributed by atoms with Crippen molar-refractivity contribution < 1.29 is 16.8 Å². The molecule has 6 nitrogen and oxygen atoms in total. The number of benzene rings is 1. The monoisotopic (exact) mass is 318 g/mol. The molecular formula is C12H18N2O4S2. The lowest BCUT2D eigenvalue weighted by Gasteiger charge is -2.34. The fourth-order valence-corrected chi connectivity index (χ4v) is 3.75. The summed E-state index contributed by atoms with van der Waals surface area (Å²) in [6.07, 6.45) is 3.66. The fourth-order valence-electron chi connectivity index (χ4n) is 2.16. The molecule has 2 rings (SSSR count). The molecule has 20 heavy (non-hydrogen) atoms. The summed E-state index contributed by atoms with van der Waals surface area (Å²) in [5.74, 6) is 0. The normalized spacial score (nSPS) is 23.1. The van der Waals surface area contributed by atoms with Gasteiger partial charge < -0.3 is 11.1 Å². The van der Waals surface area contributed by atoms with Gasteiger partial charge in [0.2, 0.25) is 0 Å². The van der Waals surface area contributed by atoms with Crippen molar-refractivity contribution >= 4 is 25.4 Å². The predicted molar refractivity (Wildman–Crippen MR) is 77.3 cm³/mol. The van der Waals surface area contributed by atoms with Crippen molar-refractivity contribution in [2.45, 2.75) is 34.7 Å². The van der Waals surface area contributed by atoms with Gasteiger partial charge >= 0.3 is 0 Å². The van der Waals surface area contributed by atoms with Crippen LogP contribution < -0.4 is 11.1 Å². The molecule has 1 aromatic rings. The smallest absolute Gasteiger partial charge is 0.177 e. The molecule has 0 bridgehead atoms. The minimum atomic E-state index is -3.52. The number of nitrogens with one attached hydrogen (secondary N) is 1. The molecule has 1 saturated carbocycles. The summed E-state index contributed by atoms with van der Waals surface area (Å²) in [7, 11) is -6.96.